The van der Waals surface area contributed by atoms with Crippen LogP contribution in [-0.2, 0) is 0 Å². The fourth-order valence-electron chi connectivity index (χ4n) is 0.979. The number of rotatable bonds is 2. The van der Waals surface area contributed by atoms with Crippen molar-refractivity contribution in [2.75, 3.05) is 0 Å². The number of ether oxygens (including phenoxy) is 1. The molecule has 0 fully saturated rings. The van der Waals surface area contributed by atoms with Crippen molar-refractivity contribution in [1.82, 2.24) is 9.97 Å². The molecular weight excluding hydrogens is 326 g/mol. The van der Waals surface area contributed by atoms with Crippen molar-refractivity contribution in [3.8, 4) is 11.8 Å². The molecule has 3 nitrogen and oxygen atoms in total. The maximum atomic E-state index is 5.66. The molecule has 0 spiro atoms. The highest BCUT2D eigenvalue weighted by atomic mass is 127. The van der Waals surface area contributed by atoms with Crippen molar-refractivity contribution in [2.45, 2.75) is 0 Å². The molecule has 0 saturated carbocycles. The summed E-state index contributed by atoms with van der Waals surface area (Å²) >= 11 is 7.85. The van der Waals surface area contributed by atoms with Gasteiger partial charge in [0.15, 0.2) is 0 Å². The lowest BCUT2D eigenvalue weighted by atomic mass is 10.3. The molecule has 15 heavy (non-hydrogen) atoms. The Morgan fingerprint density at radius 1 is 1.13 bits per heavy atom. The van der Waals surface area contributed by atoms with E-state index in [4.69, 9.17) is 16.3 Å². The zero-order chi connectivity index (χ0) is 10.7. The van der Waals surface area contributed by atoms with E-state index < -0.39 is 0 Å². The van der Waals surface area contributed by atoms with E-state index in [9.17, 15) is 0 Å². The van der Waals surface area contributed by atoms with E-state index in [-0.39, 0.29) is 0 Å². The summed E-state index contributed by atoms with van der Waals surface area (Å²) in [6.07, 6.45) is 3.00. The van der Waals surface area contributed by atoms with Gasteiger partial charge < -0.3 is 4.74 Å². The first-order chi connectivity index (χ1) is 7.25. The molecule has 0 saturated heterocycles. The van der Waals surface area contributed by atoms with Gasteiger partial charge in [0, 0.05) is 0 Å². The molecule has 2 aromatic rings. The van der Waals surface area contributed by atoms with Gasteiger partial charge in [0.05, 0.1) is 21.0 Å². The molecule has 0 amide bonds. The standard InChI is InChI=1S/C10H6ClIN2O/c11-7-5-13-10(14-6-7)15-9-4-2-1-3-8(9)12/h1-6H. The van der Waals surface area contributed by atoms with Gasteiger partial charge in [-0.3, -0.25) is 0 Å². The van der Waals surface area contributed by atoms with E-state index in [1.165, 1.54) is 12.4 Å². The van der Waals surface area contributed by atoms with E-state index in [0.717, 1.165) is 9.32 Å². The first kappa shape index (κ1) is 10.6. The molecular formula is C10H6ClIN2O. The molecule has 2 rings (SSSR count). The molecule has 0 bridgehead atoms. The zero-order valence-corrected chi connectivity index (χ0v) is 10.4. The predicted molar refractivity (Wildman–Crippen MR) is 66.3 cm³/mol. The van der Waals surface area contributed by atoms with Crippen LogP contribution in [0.5, 0.6) is 11.8 Å². The van der Waals surface area contributed by atoms with Crippen molar-refractivity contribution >= 4 is 34.2 Å². The number of aromatic nitrogens is 2. The highest BCUT2D eigenvalue weighted by molar-refractivity contribution is 14.1. The second-order valence-electron chi connectivity index (χ2n) is 2.72. The number of hydrogen-bond donors (Lipinski definition) is 0. The number of hydrogen-bond acceptors (Lipinski definition) is 3. The van der Waals surface area contributed by atoms with Crippen molar-refractivity contribution in [2.24, 2.45) is 0 Å². The summed E-state index contributed by atoms with van der Waals surface area (Å²) < 4.78 is 6.48. The fraction of sp³-hybridized carbons (Fsp3) is 0. The summed E-state index contributed by atoms with van der Waals surface area (Å²) in [6.45, 7) is 0. The number of benzene rings is 1. The Hall–Kier alpha value is -0.880. The predicted octanol–water partition coefficient (Wildman–Crippen LogP) is 3.53. The molecule has 0 aliphatic rings. The second kappa shape index (κ2) is 4.76. The van der Waals surface area contributed by atoms with Gasteiger partial charge in [-0.15, -0.1) is 0 Å². The van der Waals surface area contributed by atoms with Crippen LogP contribution in [0.1, 0.15) is 0 Å². The minimum absolute atomic E-state index is 0.295. The molecule has 0 atom stereocenters. The fourth-order valence-corrected chi connectivity index (χ4v) is 1.57. The Labute approximate surface area is 106 Å². The maximum Gasteiger partial charge on any atom is 0.321 e. The van der Waals surface area contributed by atoms with Crippen molar-refractivity contribution in [1.29, 1.82) is 0 Å². The normalized spacial score (nSPS) is 10.0. The van der Waals surface area contributed by atoms with E-state index in [0.29, 0.717) is 11.0 Å². The highest BCUT2D eigenvalue weighted by Gasteiger charge is 2.03. The molecule has 0 aliphatic heterocycles. The van der Waals surface area contributed by atoms with E-state index in [2.05, 4.69) is 32.6 Å². The molecule has 0 N–H and O–H groups in total. The minimum Gasteiger partial charge on any atom is -0.423 e. The van der Waals surface area contributed by atoms with Gasteiger partial charge in [0.2, 0.25) is 0 Å². The maximum absolute atomic E-state index is 5.66. The molecule has 0 unspecified atom stereocenters. The first-order valence-electron chi connectivity index (χ1n) is 4.15. The van der Waals surface area contributed by atoms with Gasteiger partial charge in [-0.2, -0.15) is 0 Å². The van der Waals surface area contributed by atoms with Gasteiger partial charge in [0.25, 0.3) is 0 Å². The van der Waals surface area contributed by atoms with Crippen molar-refractivity contribution in [3.63, 3.8) is 0 Å². The molecule has 0 radical (unpaired) electrons. The van der Waals surface area contributed by atoms with Gasteiger partial charge in [0.1, 0.15) is 5.75 Å². The number of halogens is 2. The van der Waals surface area contributed by atoms with Crippen LogP contribution in [0.3, 0.4) is 0 Å². The van der Waals surface area contributed by atoms with Gasteiger partial charge in [-0.05, 0) is 34.7 Å². The summed E-state index contributed by atoms with van der Waals surface area (Å²) in [5, 5.41) is 0.491. The van der Waals surface area contributed by atoms with Crippen LogP contribution in [0.15, 0.2) is 36.7 Å². The third-order valence-corrected chi connectivity index (χ3v) is 2.72. The third kappa shape index (κ3) is 2.79. The topological polar surface area (TPSA) is 35.0 Å². The number of nitrogens with zero attached hydrogens (tertiary/aromatic N) is 2. The van der Waals surface area contributed by atoms with E-state index >= 15 is 0 Å². The van der Waals surface area contributed by atoms with E-state index in [1.807, 2.05) is 24.3 Å². The molecule has 1 heterocycles. The van der Waals surface area contributed by atoms with E-state index in [1.54, 1.807) is 0 Å². The Bertz CT molecular complexity index is 461. The van der Waals surface area contributed by atoms with Crippen LogP contribution in [0.4, 0.5) is 0 Å². The quantitative estimate of drug-likeness (QED) is 0.789. The zero-order valence-electron chi connectivity index (χ0n) is 7.52. The SMILES string of the molecule is Clc1cnc(Oc2ccccc2I)nc1. The van der Waals surface area contributed by atoms with Crippen LogP contribution in [0.2, 0.25) is 5.02 Å². The van der Waals surface area contributed by atoms with Crippen molar-refractivity contribution < 1.29 is 4.74 Å². The van der Waals surface area contributed by atoms with Gasteiger partial charge in [-0.25, -0.2) is 9.97 Å². The van der Waals surface area contributed by atoms with Gasteiger partial charge >= 0.3 is 6.01 Å². The monoisotopic (exact) mass is 332 g/mol. The molecule has 1 aromatic carbocycles. The lowest BCUT2D eigenvalue weighted by molar-refractivity contribution is 0.439. The van der Waals surface area contributed by atoms with Crippen LogP contribution in [-0.4, -0.2) is 9.97 Å². The Morgan fingerprint density at radius 3 is 2.47 bits per heavy atom. The minimum atomic E-state index is 0.295. The Morgan fingerprint density at radius 2 is 1.80 bits per heavy atom. The summed E-state index contributed by atoms with van der Waals surface area (Å²) in [6, 6.07) is 7.94. The Kier molecular flexibility index (Phi) is 3.37. The smallest absolute Gasteiger partial charge is 0.321 e. The summed E-state index contributed by atoms with van der Waals surface area (Å²) in [5.74, 6) is 0.737. The average Bonchev–Trinajstić information content (AvgIpc) is 2.25. The average molecular weight is 333 g/mol. The van der Waals surface area contributed by atoms with Crippen LogP contribution >= 0.6 is 34.2 Å². The lowest BCUT2D eigenvalue weighted by Gasteiger charge is -2.04. The lowest BCUT2D eigenvalue weighted by Crippen LogP contribution is -1.92. The molecule has 1 aromatic heterocycles. The highest BCUT2D eigenvalue weighted by Crippen LogP contribution is 2.23. The molecule has 5 heteroatoms. The largest absolute Gasteiger partial charge is 0.423 e. The summed E-state index contributed by atoms with van der Waals surface area (Å²) in [5.41, 5.74) is 0. The summed E-state index contributed by atoms with van der Waals surface area (Å²) in [7, 11) is 0. The Balaban J connectivity index is 2.22. The van der Waals surface area contributed by atoms with Gasteiger partial charge in [-0.1, -0.05) is 23.7 Å². The van der Waals surface area contributed by atoms with Crippen LogP contribution < -0.4 is 4.74 Å². The third-order valence-electron chi connectivity index (χ3n) is 1.63. The molecule has 0 aliphatic carbocycles. The van der Waals surface area contributed by atoms with Crippen LogP contribution in [0, 0.1) is 3.57 Å². The molecule has 76 valence electrons. The number of para-hydroxylation sites is 1. The first-order valence-corrected chi connectivity index (χ1v) is 5.61. The summed E-state index contributed by atoms with van der Waals surface area (Å²) in [4.78, 5) is 7.89. The van der Waals surface area contributed by atoms with Crippen LogP contribution in [0.25, 0.3) is 0 Å². The van der Waals surface area contributed by atoms with Crippen molar-refractivity contribution in [3.05, 3.63) is 45.3 Å². The second-order valence-corrected chi connectivity index (χ2v) is 4.31.